The second-order valence-corrected chi connectivity index (χ2v) is 7.08. The predicted octanol–water partition coefficient (Wildman–Crippen LogP) is 5.23. The molecule has 1 N–H and O–H groups in total. The fourth-order valence-corrected chi connectivity index (χ4v) is 3.67. The van der Waals surface area contributed by atoms with Crippen LogP contribution in [-0.2, 0) is 6.42 Å². The zero-order valence-corrected chi connectivity index (χ0v) is 15.6. The lowest BCUT2D eigenvalue weighted by Crippen LogP contribution is -2.26. The monoisotopic (exact) mass is 344 g/mol. The normalized spacial score (nSPS) is 13.4. The van der Waals surface area contributed by atoms with Crippen molar-refractivity contribution in [2.45, 2.75) is 33.6 Å². The highest BCUT2D eigenvalue weighted by Crippen LogP contribution is 2.32. The number of fused-ring (bicyclic) bond motifs is 1. The van der Waals surface area contributed by atoms with E-state index in [9.17, 15) is 0 Å². The van der Waals surface area contributed by atoms with Crippen molar-refractivity contribution in [3.05, 3.63) is 70.9 Å². The fraction of sp³-hybridized carbons (Fsp3) is 0.273. The van der Waals surface area contributed by atoms with E-state index in [4.69, 9.17) is 9.97 Å². The van der Waals surface area contributed by atoms with Gasteiger partial charge in [-0.2, -0.15) is 4.98 Å². The van der Waals surface area contributed by atoms with Gasteiger partial charge in [0.2, 0.25) is 5.95 Å². The predicted molar refractivity (Wildman–Crippen MR) is 108 cm³/mol. The Bertz CT molecular complexity index is 928. The molecule has 0 saturated heterocycles. The molecule has 2 heterocycles. The summed E-state index contributed by atoms with van der Waals surface area (Å²) in [5.74, 6) is 1.60. The van der Waals surface area contributed by atoms with E-state index in [1.807, 2.05) is 13.0 Å². The van der Waals surface area contributed by atoms with Gasteiger partial charge in [0.25, 0.3) is 0 Å². The van der Waals surface area contributed by atoms with E-state index < -0.39 is 0 Å². The molecule has 26 heavy (non-hydrogen) atoms. The molecule has 0 unspecified atom stereocenters. The van der Waals surface area contributed by atoms with Gasteiger partial charge >= 0.3 is 0 Å². The zero-order valence-electron chi connectivity index (χ0n) is 15.6. The minimum atomic E-state index is 0.768. The molecule has 4 heteroatoms. The Labute approximate surface area is 154 Å². The highest BCUT2D eigenvalue weighted by Gasteiger charge is 2.20. The van der Waals surface area contributed by atoms with Gasteiger partial charge in [-0.25, -0.2) is 4.98 Å². The molecule has 132 valence electrons. The maximum atomic E-state index is 4.81. The van der Waals surface area contributed by atoms with E-state index in [-0.39, 0.29) is 0 Å². The molecule has 1 aromatic heterocycles. The van der Waals surface area contributed by atoms with Crippen molar-refractivity contribution < 1.29 is 0 Å². The second-order valence-electron chi connectivity index (χ2n) is 7.08. The highest BCUT2D eigenvalue weighted by molar-refractivity contribution is 5.66. The van der Waals surface area contributed by atoms with Crippen LogP contribution in [0.15, 0.2) is 48.5 Å². The smallest absolute Gasteiger partial charge is 0.232 e. The molecule has 0 amide bonds. The molecule has 3 aromatic rings. The molecule has 0 aliphatic carbocycles. The third kappa shape index (κ3) is 3.40. The van der Waals surface area contributed by atoms with Crippen molar-refractivity contribution in [2.75, 3.05) is 16.8 Å². The SMILES string of the molecule is Cc1cc(C)cc(Nc2cc(C)nc(N3CCCc4ccccc43)n2)c1. The number of anilines is 4. The maximum Gasteiger partial charge on any atom is 0.232 e. The van der Waals surface area contributed by atoms with Gasteiger partial charge in [0.15, 0.2) is 0 Å². The van der Waals surface area contributed by atoms with E-state index in [0.29, 0.717) is 0 Å². The van der Waals surface area contributed by atoms with Crippen molar-refractivity contribution in [2.24, 2.45) is 0 Å². The van der Waals surface area contributed by atoms with Crippen molar-refractivity contribution in [3.63, 3.8) is 0 Å². The van der Waals surface area contributed by atoms with E-state index in [0.717, 1.165) is 42.5 Å². The molecule has 1 aliphatic heterocycles. The van der Waals surface area contributed by atoms with Crippen LogP contribution < -0.4 is 10.2 Å². The first kappa shape index (κ1) is 16.6. The van der Waals surface area contributed by atoms with Gasteiger partial charge in [0, 0.05) is 29.7 Å². The molecule has 0 fully saturated rings. The summed E-state index contributed by atoms with van der Waals surface area (Å²) in [6.45, 7) is 7.19. The summed E-state index contributed by atoms with van der Waals surface area (Å²) in [5.41, 5.74) is 7.09. The molecule has 2 aromatic carbocycles. The Kier molecular flexibility index (Phi) is 4.33. The summed E-state index contributed by atoms with van der Waals surface area (Å²) in [6.07, 6.45) is 2.24. The number of rotatable bonds is 3. The van der Waals surface area contributed by atoms with Gasteiger partial charge in [0.05, 0.1) is 0 Å². The minimum Gasteiger partial charge on any atom is -0.340 e. The lowest BCUT2D eigenvalue weighted by molar-refractivity contribution is 0.749. The van der Waals surface area contributed by atoms with Crippen molar-refractivity contribution in [1.29, 1.82) is 0 Å². The molecule has 0 atom stereocenters. The third-order valence-electron chi connectivity index (χ3n) is 4.69. The van der Waals surface area contributed by atoms with Crippen molar-refractivity contribution in [1.82, 2.24) is 9.97 Å². The Morgan fingerprint density at radius 1 is 0.923 bits per heavy atom. The molecular formula is C22H24N4. The number of hydrogen-bond acceptors (Lipinski definition) is 4. The average molecular weight is 344 g/mol. The Morgan fingerprint density at radius 2 is 1.69 bits per heavy atom. The molecule has 1 aliphatic rings. The minimum absolute atomic E-state index is 0.768. The summed E-state index contributed by atoms with van der Waals surface area (Å²) >= 11 is 0. The lowest BCUT2D eigenvalue weighted by Gasteiger charge is -2.29. The van der Waals surface area contributed by atoms with Gasteiger partial charge in [-0.05, 0) is 68.5 Å². The first-order valence-corrected chi connectivity index (χ1v) is 9.15. The fourth-order valence-electron chi connectivity index (χ4n) is 3.67. The first-order valence-electron chi connectivity index (χ1n) is 9.15. The number of aryl methyl sites for hydroxylation is 4. The average Bonchev–Trinajstić information content (AvgIpc) is 2.60. The maximum absolute atomic E-state index is 4.81. The van der Waals surface area contributed by atoms with Crippen LogP contribution in [0.3, 0.4) is 0 Å². The van der Waals surface area contributed by atoms with Gasteiger partial charge in [-0.1, -0.05) is 24.3 Å². The van der Waals surface area contributed by atoms with Crippen molar-refractivity contribution in [3.8, 4) is 0 Å². The standard InChI is InChI=1S/C22H24N4/c1-15-11-16(2)13-19(12-15)24-21-14-17(3)23-22(25-21)26-10-6-8-18-7-4-5-9-20(18)26/h4-5,7,9,11-14H,6,8,10H2,1-3H3,(H,23,24,25). The van der Waals surface area contributed by atoms with Crippen LogP contribution in [0.25, 0.3) is 0 Å². The highest BCUT2D eigenvalue weighted by atomic mass is 15.3. The lowest BCUT2D eigenvalue weighted by atomic mass is 10.0. The van der Waals surface area contributed by atoms with Crippen LogP contribution in [0.5, 0.6) is 0 Å². The Morgan fingerprint density at radius 3 is 2.50 bits per heavy atom. The first-order chi connectivity index (χ1) is 12.6. The number of benzene rings is 2. The summed E-state index contributed by atoms with van der Waals surface area (Å²) in [4.78, 5) is 11.8. The molecule has 4 nitrogen and oxygen atoms in total. The summed E-state index contributed by atoms with van der Waals surface area (Å²) in [5, 5.41) is 3.45. The largest absolute Gasteiger partial charge is 0.340 e. The van der Waals surface area contributed by atoms with E-state index >= 15 is 0 Å². The number of nitrogens with one attached hydrogen (secondary N) is 1. The molecule has 0 bridgehead atoms. The summed E-state index contributed by atoms with van der Waals surface area (Å²) in [6, 6.07) is 17.0. The van der Waals surface area contributed by atoms with Crippen molar-refractivity contribution >= 4 is 23.1 Å². The van der Waals surface area contributed by atoms with Crippen LogP contribution in [-0.4, -0.2) is 16.5 Å². The number of para-hydroxylation sites is 1. The Balaban J connectivity index is 1.69. The van der Waals surface area contributed by atoms with Crippen LogP contribution >= 0.6 is 0 Å². The van der Waals surface area contributed by atoms with E-state index in [1.165, 1.54) is 22.4 Å². The number of hydrogen-bond donors (Lipinski definition) is 1. The van der Waals surface area contributed by atoms with Crippen LogP contribution in [0.1, 0.15) is 28.8 Å². The quantitative estimate of drug-likeness (QED) is 0.706. The van der Waals surface area contributed by atoms with Gasteiger partial charge in [-0.15, -0.1) is 0 Å². The van der Waals surface area contributed by atoms with Gasteiger partial charge in [0.1, 0.15) is 5.82 Å². The summed E-state index contributed by atoms with van der Waals surface area (Å²) in [7, 11) is 0. The summed E-state index contributed by atoms with van der Waals surface area (Å²) < 4.78 is 0. The number of nitrogens with zero attached hydrogens (tertiary/aromatic N) is 3. The van der Waals surface area contributed by atoms with E-state index in [1.54, 1.807) is 0 Å². The van der Waals surface area contributed by atoms with Gasteiger partial charge in [-0.3, -0.25) is 0 Å². The molecule has 0 radical (unpaired) electrons. The second kappa shape index (κ2) is 6.79. The molecular weight excluding hydrogens is 320 g/mol. The third-order valence-corrected chi connectivity index (χ3v) is 4.69. The van der Waals surface area contributed by atoms with E-state index in [2.05, 4.69) is 66.5 Å². The van der Waals surface area contributed by atoms with Crippen LogP contribution in [0, 0.1) is 20.8 Å². The van der Waals surface area contributed by atoms with Gasteiger partial charge < -0.3 is 10.2 Å². The van der Waals surface area contributed by atoms with Crippen LogP contribution in [0.4, 0.5) is 23.1 Å². The molecule has 0 spiro atoms. The van der Waals surface area contributed by atoms with Crippen LogP contribution in [0.2, 0.25) is 0 Å². The Hall–Kier alpha value is -2.88. The zero-order chi connectivity index (χ0) is 18.1. The topological polar surface area (TPSA) is 41.1 Å². The number of aromatic nitrogens is 2. The molecule has 4 rings (SSSR count). The molecule has 0 saturated carbocycles.